The third kappa shape index (κ3) is 3.14. The summed E-state index contributed by atoms with van der Waals surface area (Å²) in [4.78, 5) is 13.1. The van der Waals surface area contributed by atoms with Crippen LogP contribution in [0.2, 0.25) is 0 Å². The maximum atomic E-state index is 7.53. The van der Waals surface area contributed by atoms with Crippen LogP contribution >= 0.6 is 11.8 Å². The van der Waals surface area contributed by atoms with Gasteiger partial charge in [-0.25, -0.2) is 9.97 Å². The summed E-state index contributed by atoms with van der Waals surface area (Å²) < 4.78 is 0. The lowest BCUT2D eigenvalue weighted by atomic mass is 10.2. The summed E-state index contributed by atoms with van der Waals surface area (Å²) in [7, 11) is 0. The van der Waals surface area contributed by atoms with Gasteiger partial charge in [0.05, 0.1) is 0 Å². The van der Waals surface area contributed by atoms with Gasteiger partial charge in [0.1, 0.15) is 11.5 Å². The molecule has 0 aliphatic rings. The minimum absolute atomic E-state index is 0.0154. The molecule has 20 heavy (non-hydrogen) atoms. The van der Waals surface area contributed by atoms with Gasteiger partial charge in [0.15, 0.2) is 5.16 Å². The molecule has 2 rings (SSSR count). The molecule has 0 spiro atoms. The van der Waals surface area contributed by atoms with Crippen molar-refractivity contribution in [3.63, 3.8) is 0 Å². The zero-order chi connectivity index (χ0) is 14.7. The molecular formula is C14H17N5S. The number of nitrogens with one attached hydrogen (secondary N) is 1. The number of pyridine rings is 1. The number of thioether (sulfide) groups is 1. The fourth-order valence-electron chi connectivity index (χ4n) is 1.75. The normalized spacial score (nSPS) is 10.6. The lowest BCUT2D eigenvalue weighted by Gasteiger charge is -2.08. The molecule has 0 aromatic carbocycles. The fourth-order valence-corrected chi connectivity index (χ4v) is 2.67. The summed E-state index contributed by atoms with van der Waals surface area (Å²) in [5, 5.41) is 8.27. The van der Waals surface area contributed by atoms with Gasteiger partial charge in [-0.05, 0) is 38.0 Å². The van der Waals surface area contributed by atoms with Gasteiger partial charge in [0, 0.05) is 23.3 Å². The van der Waals surface area contributed by atoms with Crippen LogP contribution in [0.5, 0.6) is 0 Å². The van der Waals surface area contributed by atoms with Crippen molar-refractivity contribution in [2.75, 3.05) is 0 Å². The molecule has 0 aliphatic heterocycles. The number of nitrogens with two attached hydrogens (primary N) is 1. The van der Waals surface area contributed by atoms with Crippen LogP contribution in [0.3, 0.4) is 0 Å². The van der Waals surface area contributed by atoms with E-state index in [1.807, 2.05) is 32.9 Å². The summed E-state index contributed by atoms with van der Waals surface area (Å²) in [6.07, 6.45) is 1.64. The van der Waals surface area contributed by atoms with Crippen molar-refractivity contribution >= 4 is 17.6 Å². The number of aromatic nitrogens is 3. The van der Waals surface area contributed by atoms with Crippen LogP contribution < -0.4 is 5.73 Å². The molecule has 0 radical (unpaired) electrons. The molecule has 0 atom stereocenters. The molecule has 0 amide bonds. The number of amidine groups is 1. The summed E-state index contributed by atoms with van der Waals surface area (Å²) >= 11 is 1.53. The van der Waals surface area contributed by atoms with Crippen molar-refractivity contribution < 1.29 is 0 Å². The molecule has 2 aromatic heterocycles. The minimum atomic E-state index is -0.0154. The van der Waals surface area contributed by atoms with Crippen molar-refractivity contribution in [2.24, 2.45) is 5.73 Å². The summed E-state index contributed by atoms with van der Waals surface area (Å²) in [5.41, 5.74) is 10.1. The van der Waals surface area contributed by atoms with Crippen molar-refractivity contribution in [3.05, 3.63) is 46.5 Å². The topological polar surface area (TPSA) is 88.5 Å². The molecule has 0 unspecified atom stereocenters. The predicted molar refractivity (Wildman–Crippen MR) is 81.1 cm³/mol. The Morgan fingerprint density at radius 2 is 1.90 bits per heavy atom. The molecule has 2 heterocycles. The number of nitrogen functional groups attached to an aromatic ring is 1. The third-order valence-electron chi connectivity index (χ3n) is 3.12. The molecule has 0 aliphatic carbocycles. The standard InChI is InChI=1S/C14H17N5S/c1-8-9(2)18-14(19-10(8)3)20-7-11-5-4-6-17-12(11)13(15)16/h4-6H,7H2,1-3H3,(H3,15,16). The number of aryl methyl sites for hydroxylation is 2. The Labute approximate surface area is 122 Å². The summed E-state index contributed by atoms with van der Waals surface area (Å²) in [5.74, 6) is 0.628. The molecule has 104 valence electrons. The maximum absolute atomic E-state index is 7.53. The van der Waals surface area contributed by atoms with E-state index in [0.29, 0.717) is 11.4 Å². The number of hydrogen-bond donors (Lipinski definition) is 2. The van der Waals surface area contributed by atoms with Crippen molar-refractivity contribution in [1.29, 1.82) is 5.41 Å². The van der Waals surface area contributed by atoms with Crippen molar-refractivity contribution in [2.45, 2.75) is 31.7 Å². The van der Waals surface area contributed by atoms with E-state index < -0.39 is 0 Å². The summed E-state index contributed by atoms with van der Waals surface area (Å²) in [6, 6.07) is 3.76. The molecule has 2 aromatic rings. The van der Waals surface area contributed by atoms with Crippen LogP contribution in [-0.2, 0) is 5.75 Å². The largest absolute Gasteiger partial charge is 0.382 e. The average molecular weight is 287 g/mol. The van der Waals surface area contributed by atoms with Gasteiger partial charge in [-0.2, -0.15) is 0 Å². The molecule has 0 saturated heterocycles. The monoisotopic (exact) mass is 287 g/mol. The highest BCUT2D eigenvalue weighted by atomic mass is 32.2. The van der Waals surface area contributed by atoms with Crippen LogP contribution in [0, 0.1) is 26.2 Å². The molecule has 0 bridgehead atoms. The first-order valence-corrected chi connectivity index (χ1v) is 7.20. The zero-order valence-electron chi connectivity index (χ0n) is 11.8. The molecule has 6 heteroatoms. The Balaban J connectivity index is 2.19. The zero-order valence-corrected chi connectivity index (χ0v) is 12.6. The lowest BCUT2D eigenvalue weighted by molar-refractivity contribution is 0.880. The van der Waals surface area contributed by atoms with E-state index in [2.05, 4.69) is 15.0 Å². The van der Waals surface area contributed by atoms with E-state index in [-0.39, 0.29) is 5.84 Å². The smallest absolute Gasteiger partial charge is 0.188 e. The van der Waals surface area contributed by atoms with Crippen molar-refractivity contribution in [1.82, 2.24) is 15.0 Å². The number of rotatable bonds is 4. The van der Waals surface area contributed by atoms with E-state index in [9.17, 15) is 0 Å². The number of hydrogen-bond acceptors (Lipinski definition) is 5. The SMILES string of the molecule is Cc1nc(SCc2cccnc2C(=N)N)nc(C)c1C. The highest BCUT2D eigenvalue weighted by Gasteiger charge is 2.09. The molecule has 3 N–H and O–H groups in total. The van der Waals surface area contributed by atoms with Crippen LogP contribution in [0.25, 0.3) is 0 Å². The third-order valence-corrected chi connectivity index (χ3v) is 4.01. The van der Waals surface area contributed by atoms with Gasteiger partial charge < -0.3 is 5.73 Å². The van der Waals surface area contributed by atoms with E-state index >= 15 is 0 Å². The van der Waals surface area contributed by atoms with E-state index in [4.69, 9.17) is 11.1 Å². The van der Waals surface area contributed by atoms with Gasteiger partial charge in [0.25, 0.3) is 0 Å². The second-order valence-corrected chi connectivity index (χ2v) is 5.46. The van der Waals surface area contributed by atoms with Crippen molar-refractivity contribution in [3.8, 4) is 0 Å². The molecule has 0 fully saturated rings. The van der Waals surface area contributed by atoms with Crippen LogP contribution in [0.4, 0.5) is 0 Å². The van der Waals surface area contributed by atoms with Gasteiger partial charge in [0.2, 0.25) is 0 Å². The van der Waals surface area contributed by atoms with Crippen LogP contribution in [-0.4, -0.2) is 20.8 Å². The second kappa shape index (κ2) is 6.00. The van der Waals surface area contributed by atoms with Gasteiger partial charge >= 0.3 is 0 Å². The van der Waals surface area contributed by atoms with Gasteiger partial charge in [-0.1, -0.05) is 17.8 Å². The lowest BCUT2D eigenvalue weighted by Crippen LogP contribution is -2.15. The first kappa shape index (κ1) is 14.5. The fraction of sp³-hybridized carbons (Fsp3) is 0.286. The Hall–Kier alpha value is -1.95. The van der Waals surface area contributed by atoms with Crippen LogP contribution in [0.1, 0.15) is 28.2 Å². The Morgan fingerprint density at radius 3 is 2.50 bits per heavy atom. The first-order chi connectivity index (χ1) is 9.49. The van der Waals surface area contributed by atoms with E-state index in [1.165, 1.54) is 11.8 Å². The number of nitrogens with zero attached hydrogens (tertiary/aromatic N) is 3. The highest BCUT2D eigenvalue weighted by molar-refractivity contribution is 7.98. The first-order valence-electron chi connectivity index (χ1n) is 6.22. The average Bonchev–Trinajstić information content (AvgIpc) is 2.42. The molecule has 0 saturated carbocycles. The Morgan fingerprint density at radius 1 is 1.25 bits per heavy atom. The van der Waals surface area contributed by atoms with Gasteiger partial charge in [-0.3, -0.25) is 10.4 Å². The quantitative estimate of drug-likeness (QED) is 0.390. The van der Waals surface area contributed by atoms with Gasteiger partial charge in [-0.15, -0.1) is 0 Å². The Bertz CT molecular complexity index is 631. The van der Waals surface area contributed by atoms with E-state index in [0.717, 1.165) is 27.7 Å². The molecule has 5 nitrogen and oxygen atoms in total. The summed E-state index contributed by atoms with van der Waals surface area (Å²) in [6.45, 7) is 5.99. The van der Waals surface area contributed by atoms with E-state index in [1.54, 1.807) is 6.20 Å². The molecular weight excluding hydrogens is 270 g/mol. The Kier molecular flexibility index (Phi) is 4.34. The maximum Gasteiger partial charge on any atom is 0.188 e. The second-order valence-electron chi connectivity index (χ2n) is 4.52. The van der Waals surface area contributed by atoms with Crippen LogP contribution in [0.15, 0.2) is 23.5 Å². The predicted octanol–water partition coefficient (Wildman–Crippen LogP) is 2.37. The highest BCUT2D eigenvalue weighted by Crippen LogP contribution is 2.22. The minimum Gasteiger partial charge on any atom is -0.382 e.